The number of imidazole rings is 1. The molecule has 0 bridgehead atoms. The summed E-state index contributed by atoms with van der Waals surface area (Å²) in [6.07, 6.45) is 7.28. The van der Waals surface area contributed by atoms with Crippen LogP contribution in [0.5, 0.6) is 0 Å². The number of aromatic nitrogens is 2. The van der Waals surface area contributed by atoms with Crippen LogP contribution in [-0.4, -0.2) is 32.3 Å². The first kappa shape index (κ1) is 20.8. The Kier molecular flexibility index (Phi) is 5.52. The van der Waals surface area contributed by atoms with Crippen LogP contribution < -0.4 is 5.32 Å². The van der Waals surface area contributed by atoms with Crippen molar-refractivity contribution in [3.05, 3.63) is 108 Å². The highest BCUT2D eigenvalue weighted by Gasteiger charge is 2.36. The van der Waals surface area contributed by atoms with Gasteiger partial charge in [-0.1, -0.05) is 36.4 Å². The molecule has 7 heteroatoms. The Morgan fingerprint density at radius 3 is 2.55 bits per heavy atom. The van der Waals surface area contributed by atoms with E-state index >= 15 is 0 Å². The number of benzene rings is 2. The SMILES string of the molecule is CC(NC(=O)C1Cc2ccccc2CN1C(=O)c1ccco1)c1ccc(-n2ccnc2)cc1. The van der Waals surface area contributed by atoms with Crippen LogP contribution in [0.1, 0.15) is 40.2 Å². The minimum absolute atomic E-state index is 0.185. The van der Waals surface area contributed by atoms with Crippen LogP contribution >= 0.6 is 0 Å². The Morgan fingerprint density at radius 1 is 1.06 bits per heavy atom. The van der Waals surface area contributed by atoms with E-state index in [-0.39, 0.29) is 23.6 Å². The first-order valence-corrected chi connectivity index (χ1v) is 10.9. The molecule has 2 unspecified atom stereocenters. The van der Waals surface area contributed by atoms with Crippen LogP contribution in [-0.2, 0) is 17.8 Å². The summed E-state index contributed by atoms with van der Waals surface area (Å²) < 4.78 is 7.25. The topological polar surface area (TPSA) is 80.4 Å². The summed E-state index contributed by atoms with van der Waals surface area (Å²) in [5.41, 5.74) is 4.10. The van der Waals surface area contributed by atoms with Gasteiger partial charge in [0.2, 0.25) is 5.91 Å². The molecule has 5 rings (SSSR count). The standard InChI is InChI=1S/C26H24N4O3/c1-18(19-8-10-22(11-9-19)29-13-12-27-17-29)28-25(31)23-15-20-5-2-3-6-21(20)16-30(23)26(32)24-7-4-14-33-24/h2-14,17-18,23H,15-16H2,1H3,(H,28,31). The number of furan rings is 1. The molecule has 2 atom stereocenters. The van der Waals surface area contributed by atoms with Gasteiger partial charge in [-0.3, -0.25) is 9.59 Å². The third-order valence-electron chi connectivity index (χ3n) is 6.10. The van der Waals surface area contributed by atoms with Gasteiger partial charge in [0.05, 0.1) is 18.6 Å². The lowest BCUT2D eigenvalue weighted by Crippen LogP contribution is -2.52. The predicted molar refractivity (Wildman–Crippen MR) is 123 cm³/mol. The summed E-state index contributed by atoms with van der Waals surface area (Å²) in [4.78, 5) is 32.2. The van der Waals surface area contributed by atoms with Gasteiger partial charge in [-0.2, -0.15) is 0 Å². The van der Waals surface area contributed by atoms with Gasteiger partial charge in [0.15, 0.2) is 5.76 Å². The molecule has 1 aliphatic rings. The zero-order valence-electron chi connectivity index (χ0n) is 18.2. The van der Waals surface area contributed by atoms with Gasteiger partial charge in [-0.05, 0) is 47.9 Å². The smallest absolute Gasteiger partial charge is 0.290 e. The number of nitrogens with zero attached hydrogens (tertiary/aromatic N) is 3. The van der Waals surface area contributed by atoms with Gasteiger partial charge in [-0.25, -0.2) is 4.98 Å². The lowest BCUT2D eigenvalue weighted by atomic mass is 9.93. The van der Waals surface area contributed by atoms with Crippen molar-refractivity contribution < 1.29 is 14.0 Å². The summed E-state index contributed by atoms with van der Waals surface area (Å²) in [5.74, 6) is -0.238. The number of rotatable bonds is 5. The molecule has 1 N–H and O–H groups in total. The zero-order valence-corrected chi connectivity index (χ0v) is 18.2. The number of amides is 2. The molecule has 0 radical (unpaired) electrons. The van der Waals surface area contributed by atoms with Gasteiger partial charge in [0.25, 0.3) is 5.91 Å². The van der Waals surface area contributed by atoms with Crippen molar-refractivity contribution in [1.82, 2.24) is 19.8 Å². The van der Waals surface area contributed by atoms with E-state index in [1.54, 1.807) is 29.6 Å². The summed E-state index contributed by atoms with van der Waals surface area (Å²) in [7, 11) is 0. The molecule has 2 aromatic carbocycles. The zero-order chi connectivity index (χ0) is 22.8. The Morgan fingerprint density at radius 2 is 1.85 bits per heavy atom. The molecule has 2 amide bonds. The molecule has 7 nitrogen and oxygen atoms in total. The fraction of sp³-hybridized carbons (Fsp3) is 0.192. The second kappa shape index (κ2) is 8.78. The van der Waals surface area contributed by atoms with Crippen molar-refractivity contribution >= 4 is 11.8 Å². The third-order valence-corrected chi connectivity index (χ3v) is 6.10. The number of hydrogen-bond acceptors (Lipinski definition) is 4. The molecular weight excluding hydrogens is 416 g/mol. The van der Waals surface area contributed by atoms with Crippen molar-refractivity contribution in [3.63, 3.8) is 0 Å². The molecule has 33 heavy (non-hydrogen) atoms. The highest BCUT2D eigenvalue weighted by molar-refractivity contribution is 5.96. The predicted octanol–water partition coefficient (Wildman–Crippen LogP) is 3.91. The van der Waals surface area contributed by atoms with Crippen LogP contribution in [0.4, 0.5) is 0 Å². The maximum absolute atomic E-state index is 13.4. The van der Waals surface area contributed by atoms with Crippen LogP contribution in [0.2, 0.25) is 0 Å². The van der Waals surface area contributed by atoms with Crippen LogP contribution in [0.25, 0.3) is 5.69 Å². The lowest BCUT2D eigenvalue weighted by molar-refractivity contribution is -0.126. The number of carbonyl (C=O) groups excluding carboxylic acids is 2. The van der Waals surface area contributed by atoms with Gasteiger partial charge >= 0.3 is 0 Å². The van der Waals surface area contributed by atoms with E-state index in [9.17, 15) is 9.59 Å². The lowest BCUT2D eigenvalue weighted by Gasteiger charge is -2.36. The summed E-state index contributed by atoms with van der Waals surface area (Å²) in [5, 5.41) is 3.10. The number of hydrogen-bond donors (Lipinski definition) is 1. The summed E-state index contributed by atoms with van der Waals surface area (Å²) in [6, 6.07) is 18.3. The van der Waals surface area contributed by atoms with Gasteiger partial charge in [0, 0.05) is 31.0 Å². The Labute approximate surface area is 191 Å². The second-order valence-electron chi connectivity index (χ2n) is 8.19. The van der Waals surface area contributed by atoms with Crippen LogP contribution in [0.3, 0.4) is 0 Å². The van der Waals surface area contributed by atoms with E-state index in [0.717, 1.165) is 22.4 Å². The number of fused-ring (bicyclic) bond motifs is 1. The van der Waals surface area contributed by atoms with Crippen molar-refractivity contribution in [2.45, 2.75) is 32.0 Å². The molecule has 4 aromatic rings. The average molecular weight is 441 g/mol. The normalized spacial score (nSPS) is 16.2. The van der Waals surface area contributed by atoms with Crippen LogP contribution in [0.15, 0.2) is 90.1 Å². The fourth-order valence-electron chi connectivity index (χ4n) is 4.25. The first-order chi connectivity index (χ1) is 16.1. The van der Waals surface area contributed by atoms with Gasteiger partial charge < -0.3 is 19.2 Å². The Hall–Kier alpha value is -4.13. The van der Waals surface area contributed by atoms with Crippen molar-refractivity contribution in [2.24, 2.45) is 0 Å². The van der Waals surface area contributed by atoms with Gasteiger partial charge in [0.1, 0.15) is 6.04 Å². The largest absolute Gasteiger partial charge is 0.459 e. The molecular formula is C26H24N4O3. The van der Waals surface area contributed by atoms with Crippen molar-refractivity contribution in [1.29, 1.82) is 0 Å². The maximum atomic E-state index is 13.4. The number of carbonyl (C=O) groups is 2. The molecule has 0 aliphatic carbocycles. The van der Waals surface area contributed by atoms with Crippen molar-refractivity contribution in [3.8, 4) is 5.69 Å². The molecule has 0 saturated heterocycles. The third kappa shape index (κ3) is 4.17. The quantitative estimate of drug-likeness (QED) is 0.510. The van der Waals surface area contributed by atoms with E-state index in [2.05, 4.69) is 10.3 Å². The highest BCUT2D eigenvalue weighted by Crippen LogP contribution is 2.26. The molecule has 166 valence electrons. The van der Waals surface area contributed by atoms with E-state index < -0.39 is 6.04 Å². The summed E-state index contributed by atoms with van der Waals surface area (Å²) >= 11 is 0. The molecule has 0 fully saturated rings. The monoisotopic (exact) mass is 440 g/mol. The van der Waals surface area contributed by atoms with E-state index in [1.807, 2.05) is 66.2 Å². The molecule has 1 aliphatic heterocycles. The van der Waals surface area contributed by atoms with Gasteiger partial charge in [-0.15, -0.1) is 0 Å². The molecule has 2 aromatic heterocycles. The minimum Gasteiger partial charge on any atom is -0.459 e. The van der Waals surface area contributed by atoms with E-state index in [1.165, 1.54) is 6.26 Å². The van der Waals surface area contributed by atoms with Crippen molar-refractivity contribution in [2.75, 3.05) is 0 Å². The minimum atomic E-state index is -0.620. The first-order valence-electron chi connectivity index (χ1n) is 10.9. The Bertz CT molecular complexity index is 1250. The average Bonchev–Trinajstić information content (AvgIpc) is 3.57. The molecule has 0 saturated carbocycles. The second-order valence-corrected chi connectivity index (χ2v) is 8.19. The number of nitrogens with one attached hydrogen (secondary N) is 1. The Balaban J connectivity index is 1.35. The fourth-order valence-corrected chi connectivity index (χ4v) is 4.25. The maximum Gasteiger partial charge on any atom is 0.290 e. The molecule has 3 heterocycles. The van der Waals surface area contributed by atoms with E-state index in [4.69, 9.17) is 4.42 Å². The van der Waals surface area contributed by atoms with Crippen LogP contribution in [0, 0.1) is 0 Å². The van der Waals surface area contributed by atoms with E-state index in [0.29, 0.717) is 13.0 Å². The molecule has 0 spiro atoms. The highest BCUT2D eigenvalue weighted by atomic mass is 16.3. The summed E-state index contributed by atoms with van der Waals surface area (Å²) in [6.45, 7) is 2.31.